The molecule has 0 saturated carbocycles. The van der Waals surface area contributed by atoms with Gasteiger partial charge in [0.2, 0.25) is 5.91 Å². The largest absolute Gasteiger partial charge is 0.357 e. The standard InChI is InChI=1S/C15H30N4O3S.HI/c1-6-16-14(17-9-10-23(21,22)15(2,3)4)18-12-7-8-13(20)19(5)11-12;/h12H,6-11H2,1-5H3,(H2,16,17,18);1H. The highest BCUT2D eigenvalue weighted by Crippen LogP contribution is 2.15. The second-order valence-electron chi connectivity index (χ2n) is 6.85. The second-order valence-corrected chi connectivity index (χ2v) is 9.71. The number of likely N-dealkylation sites (N-methyl/N-ethyl adjacent to an activating group) is 1. The fourth-order valence-corrected chi connectivity index (χ4v) is 3.17. The Labute approximate surface area is 163 Å². The molecule has 1 amide bonds. The average molecular weight is 474 g/mol. The van der Waals surface area contributed by atoms with Gasteiger partial charge >= 0.3 is 0 Å². The Morgan fingerprint density at radius 1 is 1.38 bits per heavy atom. The molecule has 2 N–H and O–H groups in total. The minimum absolute atomic E-state index is 0. The van der Waals surface area contributed by atoms with Crippen LogP contribution in [0.1, 0.15) is 40.5 Å². The lowest BCUT2D eigenvalue weighted by molar-refractivity contribution is -0.132. The second kappa shape index (κ2) is 9.79. The van der Waals surface area contributed by atoms with Gasteiger partial charge in [-0.15, -0.1) is 24.0 Å². The monoisotopic (exact) mass is 474 g/mol. The summed E-state index contributed by atoms with van der Waals surface area (Å²) in [7, 11) is -1.39. The molecule has 1 heterocycles. The van der Waals surface area contributed by atoms with Crippen molar-refractivity contribution in [2.75, 3.05) is 32.4 Å². The summed E-state index contributed by atoms with van der Waals surface area (Å²) in [4.78, 5) is 17.6. The number of nitrogens with zero attached hydrogens (tertiary/aromatic N) is 2. The maximum Gasteiger partial charge on any atom is 0.222 e. The van der Waals surface area contributed by atoms with Crippen molar-refractivity contribution in [3.63, 3.8) is 0 Å². The molecule has 0 aliphatic carbocycles. The first-order valence-electron chi connectivity index (χ1n) is 8.08. The zero-order chi connectivity index (χ0) is 17.7. The molecule has 1 aliphatic rings. The van der Waals surface area contributed by atoms with E-state index in [0.717, 1.165) is 6.42 Å². The van der Waals surface area contributed by atoms with Crippen LogP contribution in [0.4, 0.5) is 0 Å². The Bertz CT molecular complexity index is 543. The molecule has 0 aromatic rings. The number of carbonyl (C=O) groups excluding carboxylic acids is 1. The zero-order valence-corrected chi connectivity index (χ0v) is 18.4. The number of nitrogens with one attached hydrogen (secondary N) is 2. The first kappa shape index (κ1) is 23.4. The van der Waals surface area contributed by atoms with Gasteiger partial charge in [-0.25, -0.2) is 8.42 Å². The Morgan fingerprint density at radius 2 is 2.00 bits per heavy atom. The SMILES string of the molecule is CCNC(=NCCS(=O)(=O)C(C)(C)C)NC1CCC(=O)N(C)C1.I. The van der Waals surface area contributed by atoms with E-state index in [1.165, 1.54) is 0 Å². The average Bonchev–Trinajstić information content (AvgIpc) is 2.41. The third kappa shape index (κ3) is 7.12. The normalized spacial score (nSPS) is 19.7. The molecule has 142 valence electrons. The maximum absolute atomic E-state index is 12.1. The molecule has 0 radical (unpaired) electrons. The molecule has 0 aromatic carbocycles. The van der Waals surface area contributed by atoms with Crippen LogP contribution in [-0.4, -0.2) is 68.4 Å². The lowest BCUT2D eigenvalue weighted by Gasteiger charge is -2.31. The van der Waals surface area contributed by atoms with Crippen LogP contribution in [-0.2, 0) is 14.6 Å². The molecule has 0 bridgehead atoms. The molecule has 0 aromatic heterocycles. The Kier molecular flexibility index (Phi) is 9.55. The smallest absolute Gasteiger partial charge is 0.222 e. The van der Waals surface area contributed by atoms with Crippen molar-refractivity contribution in [3.8, 4) is 0 Å². The van der Waals surface area contributed by atoms with Gasteiger partial charge in [-0.2, -0.15) is 0 Å². The van der Waals surface area contributed by atoms with E-state index >= 15 is 0 Å². The van der Waals surface area contributed by atoms with E-state index in [1.54, 1.807) is 32.7 Å². The molecule has 1 fully saturated rings. The van der Waals surface area contributed by atoms with E-state index in [2.05, 4.69) is 15.6 Å². The predicted molar refractivity (Wildman–Crippen MR) is 109 cm³/mol. The van der Waals surface area contributed by atoms with Crippen LogP contribution < -0.4 is 10.6 Å². The molecule has 24 heavy (non-hydrogen) atoms. The van der Waals surface area contributed by atoms with Crippen molar-refractivity contribution >= 4 is 45.7 Å². The highest BCUT2D eigenvalue weighted by atomic mass is 127. The van der Waals surface area contributed by atoms with Crippen molar-refractivity contribution in [2.45, 2.75) is 51.3 Å². The summed E-state index contributed by atoms with van der Waals surface area (Å²) in [5.41, 5.74) is 0. The van der Waals surface area contributed by atoms with E-state index in [0.29, 0.717) is 25.5 Å². The quantitative estimate of drug-likeness (QED) is 0.353. The topological polar surface area (TPSA) is 90.9 Å². The number of hydrogen-bond donors (Lipinski definition) is 2. The molecule has 0 spiro atoms. The summed E-state index contributed by atoms with van der Waals surface area (Å²) in [6, 6.07) is 0.134. The number of likely N-dealkylation sites (tertiary alicyclic amines) is 1. The number of piperidine rings is 1. The van der Waals surface area contributed by atoms with Crippen LogP contribution in [0, 0.1) is 0 Å². The van der Waals surface area contributed by atoms with Gasteiger partial charge in [0.05, 0.1) is 17.0 Å². The molecule has 7 nitrogen and oxygen atoms in total. The molecule has 1 unspecified atom stereocenters. The summed E-state index contributed by atoms with van der Waals surface area (Å²) in [6.45, 7) is 8.60. The minimum atomic E-state index is -3.17. The zero-order valence-electron chi connectivity index (χ0n) is 15.3. The van der Waals surface area contributed by atoms with Crippen LogP contribution in [0.2, 0.25) is 0 Å². The van der Waals surface area contributed by atoms with Crippen LogP contribution in [0.15, 0.2) is 4.99 Å². The van der Waals surface area contributed by atoms with E-state index in [4.69, 9.17) is 0 Å². The van der Waals surface area contributed by atoms with Gasteiger partial charge in [0.15, 0.2) is 15.8 Å². The minimum Gasteiger partial charge on any atom is -0.357 e. The highest BCUT2D eigenvalue weighted by molar-refractivity contribution is 14.0. The number of guanidine groups is 1. The predicted octanol–water partition coefficient (Wildman–Crippen LogP) is 0.994. The Morgan fingerprint density at radius 3 is 2.50 bits per heavy atom. The molecule has 1 rings (SSSR count). The number of rotatable bonds is 5. The number of aliphatic imine (C=N–C) groups is 1. The van der Waals surface area contributed by atoms with Crippen LogP contribution in [0.5, 0.6) is 0 Å². The number of halogens is 1. The summed E-state index contributed by atoms with van der Waals surface area (Å²) in [5.74, 6) is 0.779. The highest BCUT2D eigenvalue weighted by Gasteiger charge is 2.28. The van der Waals surface area contributed by atoms with Crippen LogP contribution >= 0.6 is 24.0 Å². The van der Waals surface area contributed by atoms with Crippen molar-refractivity contribution < 1.29 is 13.2 Å². The Balaban J connectivity index is 0.00000529. The van der Waals surface area contributed by atoms with Gasteiger partial charge < -0.3 is 15.5 Å². The van der Waals surface area contributed by atoms with E-state index in [1.807, 2.05) is 6.92 Å². The molecule has 1 aliphatic heterocycles. The summed E-state index contributed by atoms with van der Waals surface area (Å²) < 4.78 is 23.4. The first-order valence-corrected chi connectivity index (χ1v) is 9.73. The molecule has 1 saturated heterocycles. The summed E-state index contributed by atoms with van der Waals surface area (Å²) in [5, 5.41) is 6.40. The number of amides is 1. The number of hydrogen-bond acceptors (Lipinski definition) is 4. The summed E-state index contributed by atoms with van der Waals surface area (Å²) >= 11 is 0. The Hall–Kier alpha value is -0.580. The fourth-order valence-electron chi connectivity index (χ4n) is 2.23. The molecular weight excluding hydrogens is 443 g/mol. The lowest BCUT2D eigenvalue weighted by Crippen LogP contribution is -2.51. The van der Waals surface area contributed by atoms with E-state index in [-0.39, 0.29) is 48.2 Å². The van der Waals surface area contributed by atoms with E-state index in [9.17, 15) is 13.2 Å². The van der Waals surface area contributed by atoms with Crippen molar-refractivity contribution in [3.05, 3.63) is 0 Å². The lowest BCUT2D eigenvalue weighted by atomic mass is 10.1. The van der Waals surface area contributed by atoms with Crippen LogP contribution in [0.25, 0.3) is 0 Å². The summed E-state index contributed by atoms with van der Waals surface area (Å²) in [6.07, 6.45) is 1.28. The third-order valence-corrected chi connectivity index (χ3v) is 6.46. The van der Waals surface area contributed by atoms with Crippen molar-refractivity contribution in [2.24, 2.45) is 4.99 Å². The van der Waals surface area contributed by atoms with Gasteiger partial charge in [-0.3, -0.25) is 9.79 Å². The van der Waals surface area contributed by atoms with Gasteiger partial charge in [0, 0.05) is 32.6 Å². The maximum atomic E-state index is 12.1. The van der Waals surface area contributed by atoms with Crippen molar-refractivity contribution in [1.82, 2.24) is 15.5 Å². The van der Waals surface area contributed by atoms with Gasteiger partial charge in [0.25, 0.3) is 0 Å². The van der Waals surface area contributed by atoms with Gasteiger partial charge in [0.1, 0.15) is 0 Å². The van der Waals surface area contributed by atoms with Crippen LogP contribution in [0.3, 0.4) is 0 Å². The van der Waals surface area contributed by atoms with Gasteiger partial charge in [-0.1, -0.05) is 0 Å². The fraction of sp³-hybridized carbons (Fsp3) is 0.867. The first-order chi connectivity index (χ1) is 10.6. The number of sulfone groups is 1. The third-order valence-electron chi connectivity index (χ3n) is 3.87. The van der Waals surface area contributed by atoms with E-state index < -0.39 is 14.6 Å². The van der Waals surface area contributed by atoms with Gasteiger partial charge in [-0.05, 0) is 34.1 Å². The number of carbonyl (C=O) groups is 1. The van der Waals surface area contributed by atoms with Crippen molar-refractivity contribution in [1.29, 1.82) is 0 Å². The molecular formula is C15H31IN4O3S. The molecule has 9 heteroatoms. The molecule has 1 atom stereocenters.